The summed E-state index contributed by atoms with van der Waals surface area (Å²) in [7, 11) is 0. The van der Waals surface area contributed by atoms with Crippen LogP contribution in [0, 0.1) is 5.82 Å². The van der Waals surface area contributed by atoms with Crippen LogP contribution >= 0.6 is 0 Å². The van der Waals surface area contributed by atoms with Gasteiger partial charge in [0.2, 0.25) is 5.91 Å². The van der Waals surface area contributed by atoms with E-state index in [9.17, 15) is 9.18 Å². The Morgan fingerprint density at radius 2 is 2.03 bits per heavy atom. The highest BCUT2D eigenvalue weighted by Gasteiger charge is 2.45. The molecule has 29 heavy (non-hydrogen) atoms. The van der Waals surface area contributed by atoms with E-state index in [0.29, 0.717) is 29.1 Å². The first kappa shape index (κ1) is 17.5. The van der Waals surface area contributed by atoms with Crippen molar-refractivity contribution in [1.82, 2.24) is 19.9 Å². The lowest BCUT2D eigenvalue weighted by molar-refractivity contribution is -0.127. The molecule has 8 heteroatoms. The molecule has 0 saturated carbocycles. The zero-order valence-electron chi connectivity index (χ0n) is 15.6. The Bertz CT molecular complexity index is 1120. The molecule has 1 N–H and O–H groups in total. The second-order valence-electron chi connectivity index (χ2n) is 7.25. The second kappa shape index (κ2) is 6.80. The van der Waals surface area contributed by atoms with Crippen molar-refractivity contribution in [3.63, 3.8) is 0 Å². The van der Waals surface area contributed by atoms with E-state index in [-0.39, 0.29) is 23.8 Å². The Balaban J connectivity index is 1.46. The Hall–Kier alpha value is -3.55. The highest BCUT2D eigenvalue weighted by molar-refractivity contribution is 5.89. The number of rotatable bonds is 4. The number of likely N-dealkylation sites (tertiary alicyclic amines) is 1. The van der Waals surface area contributed by atoms with Crippen molar-refractivity contribution in [3.8, 4) is 0 Å². The summed E-state index contributed by atoms with van der Waals surface area (Å²) in [5.41, 5.74) is 1.59. The van der Waals surface area contributed by atoms with Crippen LogP contribution in [-0.4, -0.2) is 50.9 Å². The van der Waals surface area contributed by atoms with Crippen molar-refractivity contribution < 1.29 is 9.18 Å². The Morgan fingerprint density at radius 1 is 1.17 bits per heavy atom. The monoisotopic (exact) mass is 390 g/mol. The largest absolute Gasteiger partial charge is 0.350 e. The molecule has 7 nitrogen and oxygen atoms in total. The average Bonchev–Trinajstić information content (AvgIpc) is 3.36. The summed E-state index contributed by atoms with van der Waals surface area (Å²) < 4.78 is 14.1. The van der Waals surface area contributed by atoms with Gasteiger partial charge < -0.3 is 15.1 Å². The predicted octanol–water partition coefficient (Wildman–Crippen LogP) is 2.88. The molecule has 0 spiro atoms. The number of nitrogens with zero attached hydrogens (tertiary/aromatic N) is 5. The molecular weight excluding hydrogens is 371 g/mol. The molecule has 2 bridgehead atoms. The Morgan fingerprint density at radius 3 is 2.79 bits per heavy atom. The molecule has 2 atom stereocenters. The lowest BCUT2D eigenvalue weighted by Crippen LogP contribution is -2.48. The number of piperazine rings is 1. The van der Waals surface area contributed by atoms with Gasteiger partial charge in [-0.05, 0) is 36.8 Å². The van der Waals surface area contributed by atoms with E-state index in [2.05, 4.69) is 26.8 Å². The maximum Gasteiger partial charge on any atom is 0.246 e. The Labute approximate surface area is 166 Å². The summed E-state index contributed by atoms with van der Waals surface area (Å²) in [5.74, 6) is 0.879. The number of nitrogens with one attached hydrogen (secondary N) is 1. The maximum atomic E-state index is 14.1. The topological polar surface area (TPSA) is 74.2 Å². The molecule has 4 heterocycles. The lowest BCUT2D eigenvalue weighted by Gasteiger charge is -2.34. The number of benzene rings is 1. The van der Waals surface area contributed by atoms with Gasteiger partial charge in [-0.3, -0.25) is 4.79 Å². The third-order valence-corrected chi connectivity index (χ3v) is 5.59. The smallest absolute Gasteiger partial charge is 0.246 e. The quantitative estimate of drug-likeness (QED) is 0.691. The number of anilines is 3. The average molecular weight is 390 g/mol. The number of aromatic nitrogens is 3. The van der Waals surface area contributed by atoms with E-state index in [1.165, 1.54) is 18.5 Å². The van der Waals surface area contributed by atoms with E-state index in [1.54, 1.807) is 18.2 Å². The van der Waals surface area contributed by atoms with Crippen molar-refractivity contribution in [2.75, 3.05) is 23.3 Å². The highest BCUT2D eigenvalue weighted by atomic mass is 19.1. The number of pyridine rings is 1. The molecular formula is C21H19FN6O. The molecule has 2 aliphatic heterocycles. The fourth-order valence-electron chi connectivity index (χ4n) is 4.21. The summed E-state index contributed by atoms with van der Waals surface area (Å²) in [5, 5.41) is 3.03. The maximum absolute atomic E-state index is 14.1. The highest BCUT2D eigenvalue weighted by Crippen LogP contribution is 2.35. The number of hydrogen-bond donors (Lipinski definition) is 1. The van der Waals surface area contributed by atoms with E-state index in [1.807, 2.05) is 17.0 Å². The van der Waals surface area contributed by atoms with Crippen molar-refractivity contribution in [1.29, 1.82) is 0 Å². The minimum Gasteiger partial charge on any atom is -0.350 e. The molecule has 2 saturated heterocycles. The van der Waals surface area contributed by atoms with E-state index < -0.39 is 0 Å². The molecule has 146 valence electrons. The van der Waals surface area contributed by atoms with Crippen LogP contribution in [0.1, 0.15) is 6.42 Å². The van der Waals surface area contributed by atoms with Crippen LogP contribution in [-0.2, 0) is 4.79 Å². The molecule has 3 aromatic rings. The van der Waals surface area contributed by atoms with Crippen LogP contribution in [0.25, 0.3) is 11.0 Å². The van der Waals surface area contributed by atoms with E-state index in [0.717, 1.165) is 18.8 Å². The molecule has 1 aromatic carbocycles. The fourth-order valence-corrected chi connectivity index (χ4v) is 4.21. The number of carbonyl (C=O) groups is 1. The first-order valence-corrected chi connectivity index (χ1v) is 9.47. The number of carbonyl (C=O) groups excluding carboxylic acids is 1. The zero-order valence-corrected chi connectivity index (χ0v) is 15.6. The lowest BCUT2D eigenvalue weighted by atomic mass is 10.2. The summed E-state index contributed by atoms with van der Waals surface area (Å²) in [6, 6.07) is 10.7. The van der Waals surface area contributed by atoms with Crippen LogP contribution in [0.3, 0.4) is 0 Å². The minimum atomic E-state index is -0.362. The third kappa shape index (κ3) is 2.97. The van der Waals surface area contributed by atoms with Crippen LogP contribution in [0.4, 0.5) is 21.7 Å². The summed E-state index contributed by atoms with van der Waals surface area (Å²) in [6.07, 6.45) is 3.73. The van der Waals surface area contributed by atoms with Gasteiger partial charge in [0.1, 0.15) is 23.5 Å². The van der Waals surface area contributed by atoms with Crippen LogP contribution in [0.5, 0.6) is 0 Å². The summed E-state index contributed by atoms with van der Waals surface area (Å²) in [6.45, 7) is 4.98. The van der Waals surface area contributed by atoms with Crippen molar-refractivity contribution >= 4 is 34.3 Å². The standard InChI is InChI=1S/C21H19FN6O/c1-2-19(29)28-11-13-9-14(28)10-27(13)18-8-7-17-20(26-18)21(24-12-23-17)25-16-6-4-3-5-15(16)22/h2-8,12-14H,1,9-11H2,(H,23,24,25)/t13-,14-/m0/s1. The van der Waals surface area contributed by atoms with Gasteiger partial charge in [-0.1, -0.05) is 18.7 Å². The molecule has 2 aromatic heterocycles. The van der Waals surface area contributed by atoms with Gasteiger partial charge in [-0.2, -0.15) is 0 Å². The normalized spacial score (nSPS) is 20.3. The minimum absolute atomic E-state index is 0.0200. The van der Waals surface area contributed by atoms with E-state index >= 15 is 0 Å². The van der Waals surface area contributed by atoms with Crippen LogP contribution in [0.2, 0.25) is 0 Å². The summed E-state index contributed by atoms with van der Waals surface area (Å²) >= 11 is 0. The molecule has 1 amide bonds. The van der Waals surface area contributed by atoms with Gasteiger partial charge in [-0.25, -0.2) is 19.3 Å². The Kier molecular flexibility index (Phi) is 4.12. The van der Waals surface area contributed by atoms with Crippen LogP contribution < -0.4 is 10.2 Å². The molecule has 0 unspecified atom stereocenters. The van der Waals surface area contributed by atoms with Gasteiger partial charge in [-0.15, -0.1) is 0 Å². The molecule has 2 fully saturated rings. The van der Waals surface area contributed by atoms with Crippen molar-refractivity contribution in [2.45, 2.75) is 18.5 Å². The fraction of sp³-hybridized carbons (Fsp3) is 0.238. The molecule has 5 rings (SSSR count). The number of fused-ring (bicyclic) bond motifs is 3. The van der Waals surface area contributed by atoms with Crippen LogP contribution in [0.15, 0.2) is 55.4 Å². The van der Waals surface area contributed by atoms with Gasteiger partial charge >= 0.3 is 0 Å². The van der Waals surface area contributed by atoms with Gasteiger partial charge in [0, 0.05) is 13.1 Å². The van der Waals surface area contributed by atoms with Crippen molar-refractivity contribution in [2.24, 2.45) is 0 Å². The second-order valence-corrected chi connectivity index (χ2v) is 7.25. The van der Waals surface area contributed by atoms with Gasteiger partial charge in [0.15, 0.2) is 5.82 Å². The third-order valence-electron chi connectivity index (χ3n) is 5.59. The first-order chi connectivity index (χ1) is 14.1. The first-order valence-electron chi connectivity index (χ1n) is 9.47. The summed E-state index contributed by atoms with van der Waals surface area (Å²) in [4.78, 5) is 29.4. The SMILES string of the molecule is C=CC(=O)N1C[C@@H]2C[C@H]1CN2c1ccc2ncnc(Nc3ccccc3F)c2n1. The van der Waals surface area contributed by atoms with Gasteiger partial charge in [0.25, 0.3) is 0 Å². The molecule has 2 aliphatic rings. The number of amides is 1. The van der Waals surface area contributed by atoms with Crippen molar-refractivity contribution in [3.05, 3.63) is 61.2 Å². The van der Waals surface area contributed by atoms with Gasteiger partial charge in [0.05, 0.1) is 23.3 Å². The molecule has 0 radical (unpaired) electrons. The predicted molar refractivity (Wildman–Crippen MR) is 108 cm³/mol. The zero-order chi connectivity index (χ0) is 20.0. The number of hydrogen-bond acceptors (Lipinski definition) is 6. The number of halogens is 1. The molecule has 0 aliphatic carbocycles. The number of para-hydroxylation sites is 1. The van der Waals surface area contributed by atoms with E-state index in [4.69, 9.17) is 4.98 Å².